The maximum Gasteiger partial charge on any atom is 0.268 e. The Morgan fingerprint density at radius 3 is 2.77 bits per heavy atom. The highest BCUT2D eigenvalue weighted by molar-refractivity contribution is 6.67. The first-order valence-corrected chi connectivity index (χ1v) is 12.1. The Kier molecular flexibility index (Phi) is 5.46. The molecule has 0 saturated carbocycles. The van der Waals surface area contributed by atoms with Crippen LogP contribution in [0, 0.1) is 11.2 Å². The van der Waals surface area contributed by atoms with Gasteiger partial charge in [-0.25, -0.2) is 14.8 Å². The molecule has 0 spiro atoms. The fourth-order valence-corrected chi connectivity index (χ4v) is 4.96. The second-order valence-corrected chi connectivity index (χ2v) is 9.33. The van der Waals surface area contributed by atoms with Gasteiger partial charge >= 0.3 is 0 Å². The number of anilines is 1. The Morgan fingerprint density at radius 2 is 1.97 bits per heavy atom. The molecule has 6 rings (SSSR count). The molecule has 1 N–H and O–H groups in total. The van der Waals surface area contributed by atoms with Crippen molar-refractivity contribution in [1.29, 1.82) is 5.26 Å². The van der Waals surface area contributed by atoms with Gasteiger partial charge in [0.15, 0.2) is 5.65 Å². The third-order valence-corrected chi connectivity index (χ3v) is 6.88. The van der Waals surface area contributed by atoms with Crippen molar-refractivity contribution in [2.45, 2.75) is 44.6 Å². The summed E-state index contributed by atoms with van der Waals surface area (Å²) in [4.78, 5) is 9.35. The Bertz CT molecular complexity index is 1450. The van der Waals surface area contributed by atoms with Crippen LogP contribution >= 0.6 is 0 Å². The van der Waals surface area contributed by atoms with E-state index in [4.69, 9.17) is 15.0 Å². The lowest BCUT2D eigenvalue weighted by Crippen LogP contribution is -2.27. The molecule has 1 saturated heterocycles. The first kappa shape index (κ1) is 21.4. The van der Waals surface area contributed by atoms with E-state index < -0.39 is 0 Å². The number of aromatic nitrogens is 4. The van der Waals surface area contributed by atoms with Gasteiger partial charge in [0.1, 0.15) is 5.75 Å². The highest BCUT2D eigenvalue weighted by atomic mass is 16.5. The number of nitriles is 1. The summed E-state index contributed by atoms with van der Waals surface area (Å²) in [5, 5.41) is 17.2. The largest absolute Gasteiger partial charge is 0.489 e. The fraction of sp³-hybridized carbons (Fsp3) is 0.259. The molecule has 0 amide bonds. The van der Waals surface area contributed by atoms with E-state index in [9.17, 15) is 0 Å². The Balaban J connectivity index is 1.23. The molecule has 8 heteroatoms. The highest BCUT2D eigenvalue weighted by Gasteiger charge is 2.25. The predicted octanol–water partition coefficient (Wildman–Crippen LogP) is 5.38. The van der Waals surface area contributed by atoms with Gasteiger partial charge in [0.05, 0.1) is 24.2 Å². The van der Waals surface area contributed by atoms with Crippen LogP contribution in [0.5, 0.6) is 5.75 Å². The van der Waals surface area contributed by atoms with Gasteiger partial charge < -0.3 is 10.1 Å². The molecule has 0 bridgehead atoms. The number of nitrogens with one attached hydrogen (secondary N) is 1. The van der Waals surface area contributed by atoms with Gasteiger partial charge in [-0.15, -0.1) is 0 Å². The lowest BCUT2D eigenvalue weighted by molar-refractivity contribution is 0.187. The van der Waals surface area contributed by atoms with Gasteiger partial charge in [0, 0.05) is 46.8 Å². The van der Waals surface area contributed by atoms with E-state index in [0.717, 1.165) is 70.5 Å². The van der Waals surface area contributed by atoms with Gasteiger partial charge in [-0.3, -0.25) is 4.98 Å². The van der Waals surface area contributed by atoms with Crippen LogP contribution in [0.15, 0.2) is 61.2 Å². The zero-order valence-corrected chi connectivity index (χ0v) is 19.6. The van der Waals surface area contributed by atoms with Gasteiger partial charge in [-0.2, -0.15) is 5.10 Å². The van der Waals surface area contributed by atoms with Gasteiger partial charge in [-0.1, -0.05) is 36.9 Å². The molecule has 7 nitrogen and oxygen atoms in total. The predicted molar refractivity (Wildman–Crippen MR) is 138 cm³/mol. The van der Waals surface area contributed by atoms with Crippen molar-refractivity contribution in [3.8, 4) is 34.1 Å². The quantitative estimate of drug-likeness (QED) is 0.411. The van der Waals surface area contributed by atoms with Crippen molar-refractivity contribution in [3.63, 3.8) is 0 Å². The van der Waals surface area contributed by atoms with Crippen molar-refractivity contribution in [1.82, 2.24) is 19.6 Å². The molecule has 1 atom stereocenters. The number of hydrogen-bond donors (Lipinski definition) is 1. The number of rotatable bonds is 4. The van der Waals surface area contributed by atoms with Gasteiger partial charge in [0.25, 0.3) is 6.71 Å². The summed E-state index contributed by atoms with van der Waals surface area (Å²) in [6.07, 6.45) is 15.6. The van der Waals surface area contributed by atoms with Crippen molar-refractivity contribution < 1.29 is 4.74 Å². The number of fused-ring (bicyclic) bond motifs is 2. The summed E-state index contributed by atoms with van der Waals surface area (Å²) >= 11 is 0. The topological polar surface area (TPSA) is 88.1 Å². The molecule has 3 aromatic heterocycles. The first-order valence-electron chi connectivity index (χ1n) is 12.1. The van der Waals surface area contributed by atoms with Crippen LogP contribution in [-0.2, 0) is 0 Å². The molecule has 4 aromatic rings. The SMILES string of the molecule is CC1C=Cc2c(cccc2-c2cnn3cc(-c4ccc(OC5CCB(C#N)CC5)cn4)cnc23)N1. The minimum atomic E-state index is 0.157. The van der Waals surface area contributed by atoms with E-state index in [1.54, 1.807) is 6.20 Å². The van der Waals surface area contributed by atoms with Crippen molar-refractivity contribution in [2.75, 3.05) is 5.32 Å². The lowest BCUT2D eigenvalue weighted by atomic mass is 9.42. The molecule has 0 radical (unpaired) electrons. The number of nitrogens with zero attached hydrogens (tertiary/aromatic N) is 5. The Labute approximate surface area is 204 Å². The average molecular weight is 460 g/mol. The Hall–Kier alpha value is -4.12. The molecule has 35 heavy (non-hydrogen) atoms. The van der Waals surface area contributed by atoms with Gasteiger partial charge in [0.2, 0.25) is 0 Å². The molecule has 172 valence electrons. The lowest BCUT2D eigenvalue weighted by Gasteiger charge is -2.24. The second kappa shape index (κ2) is 8.92. The van der Waals surface area contributed by atoms with Crippen LogP contribution < -0.4 is 10.1 Å². The van der Waals surface area contributed by atoms with E-state index in [1.165, 1.54) is 0 Å². The molecule has 1 aromatic carbocycles. The average Bonchev–Trinajstić information content (AvgIpc) is 3.32. The summed E-state index contributed by atoms with van der Waals surface area (Å²) in [5.74, 6) is 3.12. The summed E-state index contributed by atoms with van der Waals surface area (Å²) in [7, 11) is 0. The number of ether oxygens (including phenoxy) is 1. The normalized spacial score (nSPS) is 17.6. The third kappa shape index (κ3) is 4.14. The molecule has 2 aliphatic heterocycles. The van der Waals surface area contributed by atoms with Crippen molar-refractivity contribution >= 4 is 24.1 Å². The van der Waals surface area contributed by atoms with Crippen LogP contribution in [-0.4, -0.2) is 38.4 Å². The summed E-state index contributed by atoms with van der Waals surface area (Å²) in [6, 6.07) is 10.5. The number of pyridine rings is 1. The van der Waals surface area contributed by atoms with Crippen LogP contribution in [0.1, 0.15) is 25.3 Å². The Morgan fingerprint density at radius 1 is 1.09 bits per heavy atom. The fourth-order valence-electron chi connectivity index (χ4n) is 4.96. The zero-order valence-electron chi connectivity index (χ0n) is 19.6. The van der Waals surface area contributed by atoms with Crippen molar-refractivity contribution in [2.24, 2.45) is 0 Å². The van der Waals surface area contributed by atoms with Crippen LogP contribution in [0.4, 0.5) is 5.69 Å². The van der Waals surface area contributed by atoms with E-state index in [-0.39, 0.29) is 12.8 Å². The molecule has 5 heterocycles. The second-order valence-electron chi connectivity index (χ2n) is 9.33. The number of hydrogen-bond acceptors (Lipinski definition) is 6. The van der Waals surface area contributed by atoms with Crippen molar-refractivity contribution in [3.05, 3.63) is 66.8 Å². The minimum Gasteiger partial charge on any atom is -0.489 e. The molecule has 1 fully saturated rings. The molecule has 1 unspecified atom stereocenters. The zero-order chi connectivity index (χ0) is 23.8. The van der Waals surface area contributed by atoms with Crippen LogP contribution in [0.3, 0.4) is 0 Å². The minimum absolute atomic E-state index is 0.157. The van der Waals surface area contributed by atoms with E-state index >= 15 is 0 Å². The maximum atomic E-state index is 9.07. The summed E-state index contributed by atoms with van der Waals surface area (Å²) in [6.45, 7) is 2.31. The molecular weight excluding hydrogens is 435 g/mol. The molecule has 2 aliphatic rings. The van der Waals surface area contributed by atoms with E-state index in [2.05, 4.69) is 58.6 Å². The highest BCUT2D eigenvalue weighted by Crippen LogP contribution is 2.35. The van der Waals surface area contributed by atoms with Gasteiger partial charge in [-0.05, 0) is 43.5 Å². The third-order valence-electron chi connectivity index (χ3n) is 6.88. The standard InChI is InChI=1S/C27H25BN6O/c1-18-5-7-23-22(3-2-4-26(23)33-18)24-15-32-34-16-19(13-31-27(24)34)25-8-6-21(14-30-25)35-20-9-11-28(17-29)12-10-20/h2-8,13-16,18,20,33H,9-12H2,1H3. The van der Waals surface area contributed by atoms with Crippen LogP contribution in [0.25, 0.3) is 34.1 Å². The first-order chi connectivity index (χ1) is 17.2. The monoisotopic (exact) mass is 460 g/mol. The van der Waals surface area contributed by atoms with E-state index in [1.807, 2.05) is 35.2 Å². The molecule has 0 aliphatic carbocycles. The van der Waals surface area contributed by atoms with E-state index in [0.29, 0.717) is 6.04 Å². The smallest absolute Gasteiger partial charge is 0.268 e. The number of benzene rings is 1. The summed E-state index contributed by atoms with van der Waals surface area (Å²) in [5.41, 5.74) is 6.90. The molecular formula is C27H25BN6O. The van der Waals surface area contributed by atoms with Crippen LogP contribution in [0.2, 0.25) is 12.6 Å². The summed E-state index contributed by atoms with van der Waals surface area (Å²) < 4.78 is 7.91. The maximum absolute atomic E-state index is 9.07.